The van der Waals surface area contributed by atoms with Crippen LogP contribution in [0.15, 0.2) is 72.8 Å². The van der Waals surface area contributed by atoms with Gasteiger partial charge in [-0.05, 0) is 108 Å². The van der Waals surface area contributed by atoms with Gasteiger partial charge in [0.15, 0.2) is 0 Å². The highest BCUT2D eigenvalue weighted by Gasteiger charge is 2.53. The summed E-state index contributed by atoms with van der Waals surface area (Å²) < 4.78 is 0. The first-order valence-electron chi connectivity index (χ1n) is 12.0. The zero-order valence-corrected chi connectivity index (χ0v) is 19.4. The first-order valence-corrected chi connectivity index (χ1v) is 12.0. The minimum Gasteiger partial charge on any atom is -0.376 e. The fraction of sp³-hybridized carbons (Fsp3) is 0.226. The van der Waals surface area contributed by atoms with E-state index in [2.05, 4.69) is 111 Å². The van der Waals surface area contributed by atoms with Crippen molar-refractivity contribution < 1.29 is 0 Å². The lowest BCUT2D eigenvalue weighted by Gasteiger charge is -2.31. The van der Waals surface area contributed by atoms with E-state index in [-0.39, 0.29) is 16.5 Å². The van der Waals surface area contributed by atoms with Crippen LogP contribution in [0.5, 0.6) is 0 Å². The molecule has 2 aliphatic heterocycles. The van der Waals surface area contributed by atoms with Gasteiger partial charge in [-0.3, -0.25) is 0 Å². The summed E-state index contributed by atoms with van der Waals surface area (Å²) in [5, 5.41) is 7.66. The topological polar surface area (TPSA) is 24.1 Å². The number of benzene rings is 4. The van der Waals surface area contributed by atoms with Crippen molar-refractivity contribution in [2.75, 3.05) is 10.6 Å². The van der Waals surface area contributed by atoms with E-state index >= 15 is 0 Å². The summed E-state index contributed by atoms with van der Waals surface area (Å²) >= 11 is 0. The molecule has 0 unspecified atom stereocenters. The molecular formula is C31H26N2. The fourth-order valence-corrected chi connectivity index (χ4v) is 7.03. The Kier molecular flexibility index (Phi) is 2.82. The lowest BCUT2D eigenvalue weighted by molar-refractivity contribution is 0.608. The van der Waals surface area contributed by atoms with E-state index < -0.39 is 0 Å². The summed E-state index contributed by atoms with van der Waals surface area (Å²) in [7, 11) is 0. The van der Waals surface area contributed by atoms with E-state index in [1.807, 2.05) is 0 Å². The van der Waals surface area contributed by atoms with E-state index in [1.54, 1.807) is 0 Å². The monoisotopic (exact) mass is 426 g/mol. The normalized spacial score (nSPS) is 19.5. The van der Waals surface area contributed by atoms with Gasteiger partial charge in [0.1, 0.15) is 0 Å². The maximum absolute atomic E-state index is 3.83. The molecule has 0 saturated heterocycles. The summed E-state index contributed by atoms with van der Waals surface area (Å²) in [6, 6.07) is 28.4. The largest absolute Gasteiger partial charge is 0.376 e. The van der Waals surface area contributed by atoms with Crippen molar-refractivity contribution in [2.24, 2.45) is 0 Å². The summed E-state index contributed by atoms with van der Waals surface area (Å²) in [5.74, 6) is 0. The quantitative estimate of drug-likeness (QED) is 0.265. The molecule has 2 heterocycles. The van der Waals surface area contributed by atoms with E-state index in [0.29, 0.717) is 0 Å². The average Bonchev–Trinajstić information content (AvgIpc) is 3.23. The van der Waals surface area contributed by atoms with Crippen LogP contribution in [0.2, 0.25) is 0 Å². The van der Waals surface area contributed by atoms with Crippen LogP contribution in [-0.2, 0) is 16.5 Å². The molecule has 0 saturated carbocycles. The molecular weight excluding hydrogens is 400 g/mol. The summed E-state index contributed by atoms with van der Waals surface area (Å²) in [5.41, 5.74) is 15.6. The van der Waals surface area contributed by atoms with Crippen LogP contribution in [0, 0.1) is 0 Å². The summed E-state index contributed by atoms with van der Waals surface area (Å²) in [6.07, 6.45) is 0. The lowest BCUT2D eigenvalue weighted by atomic mass is 9.69. The molecule has 0 fully saturated rings. The summed E-state index contributed by atoms with van der Waals surface area (Å²) in [6.45, 7) is 9.14. The molecule has 2 aliphatic carbocycles. The molecule has 0 radical (unpaired) electrons. The highest BCUT2D eigenvalue weighted by molar-refractivity contribution is 5.97. The van der Waals surface area contributed by atoms with Gasteiger partial charge in [0, 0.05) is 11.4 Å². The van der Waals surface area contributed by atoms with Crippen molar-refractivity contribution in [1.82, 2.24) is 0 Å². The number of nitrogens with one attached hydrogen (secondary N) is 2. The molecule has 8 bridgehead atoms. The van der Waals surface area contributed by atoms with Gasteiger partial charge in [-0.2, -0.15) is 0 Å². The van der Waals surface area contributed by atoms with Gasteiger partial charge in [-0.15, -0.1) is 0 Å². The molecule has 4 aromatic carbocycles. The van der Waals surface area contributed by atoms with Crippen LogP contribution in [0.1, 0.15) is 61.1 Å². The Morgan fingerprint density at radius 3 is 1.24 bits per heavy atom. The second-order valence-electron chi connectivity index (χ2n) is 11.3. The number of rotatable bonds is 0. The molecule has 4 aromatic rings. The predicted octanol–water partition coefficient (Wildman–Crippen LogP) is 7.35. The van der Waals surface area contributed by atoms with Crippen LogP contribution in [0.4, 0.5) is 11.4 Å². The zero-order chi connectivity index (χ0) is 22.3. The second-order valence-corrected chi connectivity index (χ2v) is 11.3. The van der Waals surface area contributed by atoms with Crippen LogP contribution >= 0.6 is 0 Å². The SMILES string of the molecule is CC1(C)Nc2ccc3c(c2)C24c5cc(ccc5-3)NC(C)(C)c3ccc(c2c3)-c2ccc1cc24. The van der Waals surface area contributed by atoms with E-state index in [0.717, 1.165) is 0 Å². The van der Waals surface area contributed by atoms with Gasteiger partial charge in [0.2, 0.25) is 0 Å². The Labute approximate surface area is 194 Å². The number of hydrogen-bond donors (Lipinski definition) is 2. The van der Waals surface area contributed by atoms with Gasteiger partial charge in [-0.1, -0.05) is 48.5 Å². The van der Waals surface area contributed by atoms with Gasteiger partial charge >= 0.3 is 0 Å². The Balaban J connectivity index is 1.66. The highest BCUT2D eigenvalue weighted by atomic mass is 15.0. The molecule has 2 N–H and O–H groups in total. The first kappa shape index (κ1) is 18.0. The van der Waals surface area contributed by atoms with E-state index in [9.17, 15) is 0 Å². The second kappa shape index (κ2) is 5.17. The van der Waals surface area contributed by atoms with Crippen LogP contribution in [-0.4, -0.2) is 0 Å². The van der Waals surface area contributed by atoms with E-state index in [4.69, 9.17) is 0 Å². The molecule has 0 atom stereocenters. The minimum absolute atomic E-state index is 0.161. The third kappa shape index (κ3) is 1.90. The zero-order valence-electron chi connectivity index (χ0n) is 19.4. The third-order valence-corrected chi connectivity index (χ3v) is 8.63. The Morgan fingerprint density at radius 1 is 0.455 bits per heavy atom. The van der Waals surface area contributed by atoms with Crippen LogP contribution < -0.4 is 10.6 Å². The average molecular weight is 427 g/mol. The van der Waals surface area contributed by atoms with Crippen molar-refractivity contribution in [3.63, 3.8) is 0 Å². The van der Waals surface area contributed by atoms with Gasteiger partial charge in [0.05, 0.1) is 16.5 Å². The van der Waals surface area contributed by atoms with Crippen LogP contribution in [0.3, 0.4) is 0 Å². The number of fused-ring (bicyclic) bond motifs is 6. The molecule has 0 aromatic heterocycles. The predicted molar refractivity (Wildman–Crippen MR) is 136 cm³/mol. The molecule has 2 nitrogen and oxygen atoms in total. The fourth-order valence-electron chi connectivity index (χ4n) is 7.03. The van der Waals surface area contributed by atoms with Crippen molar-refractivity contribution >= 4 is 11.4 Å². The first-order chi connectivity index (χ1) is 15.8. The van der Waals surface area contributed by atoms with Gasteiger partial charge in [-0.25, -0.2) is 0 Å². The van der Waals surface area contributed by atoms with Crippen molar-refractivity contribution in [3.8, 4) is 22.3 Å². The molecule has 160 valence electrons. The lowest BCUT2D eigenvalue weighted by Crippen LogP contribution is -2.28. The highest BCUT2D eigenvalue weighted by Crippen LogP contribution is 2.64. The van der Waals surface area contributed by atoms with Gasteiger partial charge < -0.3 is 10.6 Å². The number of hydrogen-bond acceptors (Lipinski definition) is 2. The van der Waals surface area contributed by atoms with Crippen molar-refractivity contribution in [2.45, 2.75) is 44.2 Å². The third-order valence-electron chi connectivity index (χ3n) is 8.63. The number of anilines is 2. The maximum atomic E-state index is 3.83. The molecule has 1 spiro atoms. The Bertz CT molecular complexity index is 1450. The molecule has 4 aliphatic rings. The maximum Gasteiger partial charge on any atom is 0.0727 e. The summed E-state index contributed by atoms with van der Waals surface area (Å²) in [4.78, 5) is 0. The molecule has 33 heavy (non-hydrogen) atoms. The van der Waals surface area contributed by atoms with Crippen LogP contribution in [0.25, 0.3) is 22.3 Å². The minimum atomic E-state index is -0.280. The molecule has 0 amide bonds. The molecule has 2 heteroatoms. The Morgan fingerprint density at radius 2 is 0.818 bits per heavy atom. The van der Waals surface area contributed by atoms with Crippen molar-refractivity contribution in [1.29, 1.82) is 0 Å². The molecule has 8 rings (SSSR count). The van der Waals surface area contributed by atoms with Crippen molar-refractivity contribution in [3.05, 3.63) is 106 Å². The standard InChI is InChI=1S/C31H26N2/c1-29(2)17-5-9-21-22-10-6-18-14-26(22)31(25(21)13-17)27-15-19(32-29)7-11-23(27)24-12-8-20(16-28(24)31)33-30(18,3)4/h5-16,32-33H,1-4H3. The smallest absolute Gasteiger partial charge is 0.0727 e. The Hall–Kier alpha value is -3.52. The van der Waals surface area contributed by atoms with E-state index in [1.165, 1.54) is 67.0 Å². The van der Waals surface area contributed by atoms with Gasteiger partial charge in [0.25, 0.3) is 0 Å².